The van der Waals surface area contributed by atoms with Gasteiger partial charge in [0.2, 0.25) is 5.91 Å². The molecule has 2 rings (SSSR count). The van der Waals surface area contributed by atoms with Crippen molar-refractivity contribution in [2.75, 3.05) is 5.32 Å². The first kappa shape index (κ1) is 9.54. The second-order valence-electron chi connectivity index (χ2n) is 3.33. The molecule has 0 aliphatic heterocycles. The summed E-state index contributed by atoms with van der Waals surface area (Å²) in [5.74, 6) is 0.240. The maximum atomic E-state index is 11.5. The highest BCUT2D eigenvalue weighted by molar-refractivity contribution is 9.10. The smallest absolute Gasteiger partial charge is 0.245 e. The van der Waals surface area contributed by atoms with E-state index in [0.29, 0.717) is 10.4 Å². The summed E-state index contributed by atoms with van der Waals surface area (Å²) in [5, 5.41) is 2.61. The Morgan fingerprint density at radius 2 is 2.21 bits per heavy atom. The number of amides is 1. The topological polar surface area (TPSA) is 80.9 Å². The van der Waals surface area contributed by atoms with Gasteiger partial charge in [0.25, 0.3) is 0 Å². The fraction of sp³-hybridized carbons (Fsp3) is 0.375. The normalized spacial score (nSPS) is 17.6. The van der Waals surface area contributed by atoms with Crippen LogP contribution in [0.5, 0.6) is 0 Å². The molecule has 14 heavy (non-hydrogen) atoms. The molecule has 1 heterocycles. The van der Waals surface area contributed by atoms with Gasteiger partial charge in [-0.15, -0.1) is 0 Å². The molecule has 1 aliphatic carbocycles. The van der Waals surface area contributed by atoms with Crippen molar-refractivity contribution >= 4 is 27.7 Å². The van der Waals surface area contributed by atoms with Crippen LogP contribution in [0.2, 0.25) is 0 Å². The van der Waals surface area contributed by atoms with E-state index in [-0.39, 0.29) is 5.91 Å². The van der Waals surface area contributed by atoms with Crippen LogP contribution in [0.3, 0.4) is 0 Å². The van der Waals surface area contributed by atoms with Gasteiger partial charge in [-0.3, -0.25) is 4.79 Å². The van der Waals surface area contributed by atoms with Crippen molar-refractivity contribution in [1.29, 1.82) is 0 Å². The molecule has 5 nitrogen and oxygen atoms in total. The van der Waals surface area contributed by atoms with Gasteiger partial charge in [-0.1, -0.05) is 0 Å². The SMILES string of the molecule is NC1(C(=O)Nc2cnc(Br)cn2)CC1. The van der Waals surface area contributed by atoms with E-state index in [1.165, 1.54) is 12.4 Å². The van der Waals surface area contributed by atoms with Crippen molar-refractivity contribution in [3.05, 3.63) is 17.0 Å². The Morgan fingerprint density at radius 3 is 2.71 bits per heavy atom. The van der Waals surface area contributed by atoms with Gasteiger partial charge in [0.15, 0.2) is 5.82 Å². The van der Waals surface area contributed by atoms with Crippen molar-refractivity contribution in [3.8, 4) is 0 Å². The maximum absolute atomic E-state index is 11.5. The van der Waals surface area contributed by atoms with E-state index >= 15 is 0 Å². The molecule has 1 amide bonds. The molecule has 1 aliphatic rings. The number of rotatable bonds is 2. The van der Waals surface area contributed by atoms with E-state index in [1.54, 1.807) is 0 Å². The summed E-state index contributed by atoms with van der Waals surface area (Å²) in [7, 11) is 0. The highest BCUT2D eigenvalue weighted by atomic mass is 79.9. The van der Waals surface area contributed by atoms with E-state index in [4.69, 9.17) is 5.73 Å². The number of hydrogen-bond acceptors (Lipinski definition) is 4. The number of carbonyl (C=O) groups is 1. The van der Waals surface area contributed by atoms with Crippen LogP contribution in [0.15, 0.2) is 17.0 Å². The van der Waals surface area contributed by atoms with Crippen LogP contribution in [0.25, 0.3) is 0 Å². The minimum Gasteiger partial charge on any atom is -0.317 e. The van der Waals surface area contributed by atoms with Gasteiger partial charge in [-0.05, 0) is 28.8 Å². The van der Waals surface area contributed by atoms with E-state index in [2.05, 4.69) is 31.2 Å². The lowest BCUT2D eigenvalue weighted by molar-refractivity contribution is -0.118. The third-order valence-electron chi connectivity index (χ3n) is 2.10. The van der Waals surface area contributed by atoms with E-state index in [9.17, 15) is 4.79 Å². The predicted octanol–water partition coefficient (Wildman–Crippen LogP) is 0.669. The van der Waals surface area contributed by atoms with E-state index in [1.807, 2.05) is 0 Å². The largest absolute Gasteiger partial charge is 0.317 e. The zero-order valence-electron chi connectivity index (χ0n) is 7.33. The lowest BCUT2D eigenvalue weighted by atomic mass is 10.3. The van der Waals surface area contributed by atoms with Gasteiger partial charge >= 0.3 is 0 Å². The first-order valence-corrected chi connectivity index (χ1v) is 4.97. The highest BCUT2D eigenvalue weighted by Gasteiger charge is 2.46. The molecule has 1 saturated carbocycles. The van der Waals surface area contributed by atoms with Crippen LogP contribution in [0, 0.1) is 0 Å². The molecule has 1 fully saturated rings. The first-order valence-electron chi connectivity index (χ1n) is 4.18. The fourth-order valence-corrected chi connectivity index (χ4v) is 1.18. The summed E-state index contributed by atoms with van der Waals surface area (Å²) in [6.07, 6.45) is 4.48. The Hall–Kier alpha value is -1.01. The lowest BCUT2D eigenvalue weighted by Gasteiger charge is -2.08. The van der Waals surface area contributed by atoms with Crippen molar-refractivity contribution in [1.82, 2.24) is 9.97 Å². The first-order chi connectivity index (χ1) is 6.60. The zero-order chi connectivity index (χ0) is 10.2. The van der Waals surface area contributed by atoms with Crippen LogP contribution in [0.1, 0.15) is 12.8 Å². The molecule has 6 heteroatoms. The summed E-state index contributed by atoms with van der Waals surface area (Å²) >= 11 is 3.15. The molecular weight excluding hydrogens is 248 g/mol. The fourth-order valence-electron chi connectivity index (χ4n) is 0.979. The molecule has 0 saturated heterocycles. The zero-order valence-corrected chi connectivity index (χ0v) is 8.91. The van der Waals surface area contributed by atoms with Gasteiger partial charge < -0.3 is 11.1 Å². The standard InChI is InChI=1S/C8H9BrN4O/c9-5-3-12-6(4-11-5)13-7(14)8(10)1-2-8/h3-4H,1-2,10H2,(H,12,13,14). The summed E-state index contributed by atoms with van der Waals surface area (Å²) in [6.45, 7) is 0. The van der Waals surface area contributed by atoms with Crippen LogP contribution in [-0.4, -0.2) is 21.4 Å². The number of nitrogens with two attached hydrogens (primary N) is 1. The van der Waals surface area contributed by atoms with Crippen molar-refractivity contribution < 1.29 is 4.79 Å². The second kappa shape index (κ2) is 3.29. The number of halogens is 1. The third kappa shape index (κ3) is 1.91. The molecular formula is C8H9BrN4O. The van der Waals surface area contributed by atoms with Gasteiger partial charge in [0.1, 0.15) is 4.60 Å². The maximum Gasteiger partial charge on any atom is 0.245 e. The Kier molecular flexibility index (Phi) is 2.24. The molecule has 74 valence electrons. The third-order valence-corrected chi connectivity index (χ3v) is 2.51. The number of nitrogens with zero attached hydrogens (tertiary/aromatic N) is 2. The average Bonchev–Trinajstić information content (AvgIpc) is 2.89. The molecule has 1 aromatic heterocycles. The second-order valence-corrected chi connectivity index (χ2v) is 4.15. The number of anilines is 1. The molecule has 0 unspecified atom stereocenters. The molecule has 0 aromatic carbocycles. The van der Waals surface area contributed by atoms with E-state index in [0.717, 1.165) is 12.8 Å². The minimum atomic E-state index is -0.672. The number of aromatic nitrogens is 2. The van der Waals surface area contributed by atoms with Crippen LogP contribution in [0.4, 0.5) is 5.82 Å². The summed E-state index contributed by atoms with van der Waals surface area (Å²) in [6, 6.07) is 0. The summed E-state index contributed by atoms with van der Waals surface area (Å²) in [4.78, 5) is 19.4. The number of nitrogens with one attached hydrogen (secondary N) is 1. The van der Waals surface area contributed by atoms with Crippen molar-refractivity contribution in [3.63, 3.8) is 0 Å². The molecule has 0 radical (unpaired) electrons. The Bertz CT molecular complexity index is 360. The van der Waals surface area contributed by atoms with Crippen LogP contribution < -0.4 is 11.1 Å². The van der Waals surface area contributed by atoms with Crippen LogP contribution >= 0.6 is 15.9 Å². The molecule has 1 aromatic rings. The highest BCUT2D eigenvalue weighted by Crippen LogP contribution is 2.33. The number of carbonyl (C=O) groups excluding carboxylic acids is 1. The van der Waals surface area contributed by atoms with Gasteiger partial charge in [0.05, 0.1) is 17.9 Å². The average molecular weight is 257 g/mol. The molecule has 3 N–H and O–H groups in total. The quantitative estimate of drug-likeness (QED) is 0.815. The van der Waals surface area contributed by atoms with Crippen molar-refractivity contribution in [2.24, 2.45) is 5.73 Å². The summed E-state index contributed by atoms with van der Waals surface area (Å²) in [5.41, 5.74) is 5.03. The molecule has 0 bridgehead atoms. The lowest BCUT2D eigenvalue weighted by Crippen LogP contribution is -2.38. The Morgan fingerprint density at radius 1 is 1.50 bits per heavy atom. The van der Waals surface area contributed by atoms with E-state index < -0.39 is 5.54 Å². The molecule has 0 spiro atoms. The van der Waals surface area contributed by atoms with Gasteiger partial charge in [0, 0.05) is 0 Å². The monoisotopic (exact) mass is 256 g/mol. The van der Waals surface area contributed by atoms with Gasteiger partial charge in [-0.25, -0.2) is 9.97 Å². The van der Waals surface area contributed by atoms with Crippen molar-refractivity contribution in [2.45, 2.75) is 18.4 Å². The minimum absolute atomic E-state index is 0.186. The van der Waals surface area contributed by atoms with Gasteiger partial charge in [-0.2, -0.15) is 0 Å². The Labute approximate surface area is 89.2 Å². The van der Waals surface area contributed by atoms with Crippen LogP contribution in [-0.2, 0) is 4.79 Å². The summed E-state index contributed by atoms with van der Waals surface area (Å²) < 4.78 is 0.629. The molecule has 0 atom stereocenters. The Balaban J connectivity index is 2.04. The number of hydrogen-bond donors (Lipinski definition) is 2. The predicted molar refractivity (Wildman–Crippen MR) is 54.5 cm³/mol.